The summed E-state index contributed by atoms with van der Waals surface area (Å²) in [6.07, 6.45) is 3.80. The molecule has 0 aliphatic heterocycles. The minimum atomic E-state index is 0.334. The van der Waals surface area contributed by atoms with Crippen molar-refractivity contribution in [1.29, 1.82) is 0 Å². The van der Waals surface area contributed by atoms with E-state index < -0.39 is 0 Å². The molecular weight excluding hydrogens is 308 g/mol. The normalized spacial score (nSPS) is 22.7. The van der Waals surface area contributed by atoms with Crippen LogP contribution in [0.1, 0.15) is 39.2 Å². The Hall–Kier alpha value is -0.610. The maximum absolute atomic E-state index is 5.53. The zero-order valence-corrected chi connectivity index (χ0v) is 13.1. The molecule has 1 unspecified atom stereocenters. The number of nitrogens with one attached hydrogen (secondary N) is 1. The Kier molecular flexibility index (Phi) is 2.90. The van der Waals surface area contributed by atoms with E-state index in [0.29, 0.717) is 11.5 Å². The zero-order valence-electron chi connectivity index (χ0n) is 10.7. The number of halogens is 1. The van der Waals surface area contributed by atoms with Crippen molar-refractivity contribution in [1.82, 2.24) is 9.55 Å². The van der Waals surface area contributed by atoms with Crippen LogP contribution in [0.2, 0.25) is 0 Å². The third-order valence-electron chi connectivity index (χ3n) is 4.19. The van der Waals surface area contributed by atoms with Gasteiger partial charge in [0, 0.05) is 10.5 Å². The summed E-state index contributed by atoms with van der Waals surface area (Å²) >= 11 is 9.04. The summed E-state index contributed by atoms with van der Waals surface area (Å²) in [5, 5.41) is 0. The Labute approximate surface area is 121 Å². The van der Waals surface area contributed by atoms with Gasteiger partial charge in [0.2, 0.25) is 0 Å². The molecule has 0 spiro atoms. The van der Waals surface area contributed by atoms with Crippen LogP contribution < -0.4 is 0 Å². The van der Waals surface area contributed by atoms with Crippen LogP contribution in [0.4, 0.5) is 0 Å². The smallest absolute Gasteiger partial charge is 0.178 e. The van der Waals surface area contributed by atoms with E-state index in [-0.39, 0.29) is 0 Å². The number of rotatable bonds is 1. The minimum Gasteiger partial charge on any atom is -0.331 e. The number of aromatic amines is 1. The van der Waals surface area contributed by atoms with Crippen LogP contribution in [0.3, 0.4) is 0 Å². The summed E-state index contributed by atoms with van der Waals surface area (Å²) in [6, 6.07) is 6.85. The molecule has 1 aliphatic carbocycles. The van der Waals surface area contributed by atoms with Crippen LogP contribution in [0.25, 0.3) is 11.0 Å². The highest BCUT2D eigenvalue weighted by molar-refractivity contribution is 9.10. The second-order valence-electron chi connectivity index (χ2n) is 5.86. The Morgan fingerprint density at radius 1 is 1.44 bits per heavy atom. The fourth-order valence-corrected chi connectivity index (χ4v) is 3.90. The van der Waals surface area contributed by atoms with Crippen LogP contribution in [0, 0.1) is 10.2 Å². The SMILES string of the molecule is CC1(C)CCCC1n1c(=S)[nH]c2cc(Br)ccc21. The van der Waals surface area contributed by atoms with Crippen LogP contribution >= 0.6 is 28.1 Å². The fraction of sp³-hybridized carbons (Fsp3) is 0.500. The molecule has 96 valence electrons. The van der Waals surface area contributed by atoms with Gasteiger partial charge in [-0.1, -0.05) is 36.2 Å². The molecule has 2 aromatic rings. The van der Waals surface area contributed by atoms with Crippen molar-refractivity contribution in [3.63, 3.8) is 0 Å². The van der Waals surface area contributed by atoms with E-state index in [9.17, 15) is 0 Å². The first-order chi connectivity index (χ1) is 8.49. The summed E-state index contributed by atoms with van der Waals surface area (Å²) in [4.78, 5) is 3.33. The third-order valence-corrected chi connectivity index (χ3v) is 4.98. The number of benzene rings is 1. The summed E-state index contributed by atoms with van der Waals surface area (Å²) in [6.45, 7) is 4.70. The van der Waals surface area contributed by atoms with Gasteiger partial charge in [0.15, 0.2) is 4.77 Å². The number of fused-ring (bicyclic) bond motifs is 1. The number of H-pyrrole nitrogens is 1. The maximum Gasteiger partial charge on any atom is 0.178 e. The molecule has 4 heteroatoms. The van der Waals surface area contributed by atoms with Gasteiger partial charge < -0.3 is 9.55 Å². The second kappa shape index (κ2) is 4.20. The average Bonchev–Trinajstić information content (AvgIpc) is 2.76. The predicted molar refractivity (Wildman–Crippen MR) is 81.5 cm³/mol. The summed E-state index contributed by atoms with van der Waals surface area (Å²) in [7, 11) is 0. The van der Waals surface area contributed by atoms with E-state index in [1.807, 2.05) is 0 Å². The maximum atomic E-state index is 5.53. The zero-order chi connectivity index (χ0) is 12.9. The molecular formula is C14H17BrN2S. The molecule has 0 bridgehead atoms. The standard InChI is InChI=1S/C14H17BrN2S/c1-14(2)7-3-4-12(14)17-11-6-5-9(15)8-10(11)16-13(17)18/h5-6,8,12H,3-4,7H2,1-2H3,(H,16,18). The molecule has 1 heterocycles. The van der Waals surface area contributed by atoms with Gasteiger partial charge in [-0.3, -0.25) is 0 Å². The molecule has 3 rings (SSSR count). The topological polar surface area (TPSA) is 20.7 Å². The van der Waals surface area contributed by atoms with Crippen LogP contribution in [0.15, 0.2) is 22.7 Å². The number of aromatic nitrogens is 2. The Balaban J connectivity index is 2.23. The molecule has 18 heavy (non-hydrogen) atoms. The molecule has 0 saturated heterocycles. The van der Waals surface area contributed by atoms with E-state index in [2.05, 4.69) is 57.5 Å². The predicted octanol–water partition coefficient (Wildman–Crippen LogP) is 5.21. The van der Waals surface area contributed by atoms with Crippen molar-refractivity contribution in [2.75, 3.05) is 0 Å². The Morgan fingerprint density at radius 2 is 2.22 bits per heavy atom. The van der Waals surface area contributed by atoms with Crippen LogP contribution in [-0.4, -0.2) is 9.55 Å². The molecule has 0 radical (unpaired) electrons. The van der Waals surface area contributed by atoms with E-state index >= 15 is 0 Å². The molecule has 1 atom stereocenters. The molecule has 1 N–H and O–H groups in total. The molecule has 1 aliphatic rings. The van der Waals surface area contributed by atoms with Crippen LogP contribution in [0.5, 0.6) is 0 Å². The minimum absolute atomic E-state index is 0.334. The highest BCUT2D eigenvalue weighted by atomic mass is 79.9. The lowest BCUT2D eigenvalue weighted by Gasteiger charge is -2.28. The number of hydrogen-bond donors (Lipinski definition) is 1. The van der Waals surface area contributed by atoms with Crippen molar-refractivity contribution < 1.29 is 0 Å². The van der Waals surface area contributed by atoms with Gasteiger partial charge in [-0.25, -0.2) is 0 Å². The molecule has 2 nitrogen and oxygen atoms in total. The summed E-state index contributed by atoms with van der Waals surface area (Å²) in [5.74, 6) is 0. The van der Waals surface area contributed by atoms with Crippen molar-refractivity contribution in [2.45, 2.75) is 39.2 Å². The summed E-state index contributed by atoms with van der Waals surface area (Å²) in [5.41, 5.74) is 2.68. The number of nitrogens with zero attached hydrogens (tertiary/aromatic N) is 1. The first-order valence-corrected chi connectivity index (χ1v) is 7.59. The lowest BCUT2D eigenvalue weighted by molar-refractivity contribution is 0.264. The van der Waals surface area contributed by atoms with Gasteiger partial charge in [-0.15, -0.1) is 0 Å². The molecule has 1 saturated carbocycles. The third kappa shape index (κ3) is 1.86. The first-order valence-electron chi connectivity index (χ1n) is 6.39. The van der Waals surface area contributed by atoms with Gasteiger partial charge in [-0.2, -0.15) is 0 Å². The van der Waals surface area contributed by atoms with Gasteiger partial charge in [-0.05, 0) is 48.7 Å². The van der Waals surface area contributed by atoms with E-state index in [4.69, 9.17) is 12.2 Å². The Morgan fingerprint density at radius 3 is 2.89 bits per heavy atom. The lowest BCUT2D eigenvalue weighted by atomic mass is 9.87. The van der Waals surface area contributed by atoms with Gasteiger partial charge in [0.1, 0.15) is 0 Å². The first kappa shape index (κ1) is 12.4. The number of imidazole rings is 1. The Bertz CT molecular complexity index is 653. The van der Waals surface area contributed by atoms with Crippen molar-refractivity contribution in [3.8, 4) is 0 Å². The molecule has 0 amide bonds. The summed E-state index contributed by atoms with van der Waals surface area (Å²) < 4.78 is 4.26. The van der Waals surface area contributed by atoms with E-state index in [1.54, 1.807) is 0 Å². The molecule has 1 aromatic heterocycles. The van der Waals surface area contributed by atoms with Gasteiger partial charge in [0.05, 0.1) is 11.0 Å². The average molecular weight is 325 g/mol. The monoisotopic (exact) mass is 324 g/mol. The van der Waals surface area contributed by atoms with E-state index in [1.165, 1.54) is 24.8 Å². The van der Waals surface area contributed by atoms with Gasteiger partial charge >= 0.3 is 0 Å². The van der Waals surface area contributed by atoms with Crippen LogP contribution in [-0.2, 0) is 0 Å². The second-order valence-corrected chi connectivity index (χ2v) is 7.16. The highest BCUT2D eigenvalue weighted by Crippen LogP contribution is 2.47. The quantitative estimate of drug-likeness (QED) is 0.714. The largest absolute Gasteiger partial charge is 0.331 e. The van der Waals surface area contributed by atoms with Crippen molar-refractivity contribution in [3.05, 3.63) is 27.4 Å². The van der Waals surface area contributed by atoms with E-state index in [0.717, 1.165) is 14.8 Å². The molecule has 1 fully saturated rings. The van der Waals surface area contributed by atoms with Gasteiger partial charge in [0.25, 0.3) is 0 Å². The number of hydrogen-bond acceptors (Lipinski definition) is 1. The fourth-order valence-electron chi connectivity index (χ4n) is 3.20. The lowest BCUT2D eigenvalue weighted by Crippen LogP contribution is -2.21. The molecule has 1 aromatic carbocycles. The van der Waals surface area contributed by atoms with Crippen molar-refractivity contribution in [2.24, 2.45) is 5.41 Å². The highest BCUT2D eigenvalue weighted by Gasteiger charge is 2.36. The van der Waals surface area contributed by atoms with Crippen molar-refractivity contribution >= 4 is 39.2 Å².